The Morgan fingerprint density at radius 3 is 2.91 bits per heavy atom. The van der Waals surface area contributed by atoms with Crippen LogP contribution in [0.2, 0.25) is 5.02 Å². The van der Waals surface area contributed by atoms with E-state index in [2.05, 4.69) is 19.7 Å². The molecule has 4 aromatic rings. The van der Waals surface area contributed by atoms with Crippen molar-refractivity contribution in [3.63, 3.8) is 0 Å². The zero-order valence-electron chi connectivity index (χ0n) is 18.4. The van der Waals surface area contributed by atoms with E-state index in [1.165, 1.54) is 6.20 Å². The van der Waals surface area contributed by atoms with Gasteiger partial charge in [-0.2, -0.15) is 9.49 Å². The fraction of sp³-hybridized carbons (Fsp3) is 0.280. The van der Waals surface area contributed by atoms with Crippen molar-refractivity contribution in [2.45, 2.75) is 13.0 Å². The summed E-state index contributed by atoms with van der Waals surface area (Å²) in [4.78, 5) is 15.7. The van der Waals surface area contributed by atoms with Gasteiger partial charge in [0.15, 0.2) is 5.78 Å². The average molecular weight is 467 g/mol. The Bertz CT molecular complexity index is 1340. The maximum absolute atomic E-state index is 14.1. The van der Waals surface area contributed by atoms with E-state index >= 15 is 0 Å². The highest BCUT2D eigenvalue weighted by Crippen LogP contribution is 2.34. The summed E-state index contributed by atoms with van der Waals surface area (Å²) in [5.74, 6) is 0.0451. The number of ether oxygens (including phenoxy) is 1. The molecule has 1 aliphatic heterocycles. The van der Waals surface area contributed by atoms with Crippen LogP contribution in [-0.2, 0) is 13.0 Å². The smallest absolute Gasteiger partial charge is 0.216 e. The van der Waals surface area contributed by atoms with Crippen LogP contribution in [0.5, 0.6) is 5.75 Å². The minimum atomic E-state index is -0.478. The second kappa shape index (κ2) is 8.65. The van der Waals surface area contributed by atoms with Crippen molar-refractivity contribution in [3.8, 4) is 16.9 Å². The number of aromatic amines is 1. The molecule has 1 N–H and O–H groups in total. The molecule has 5 rings (SSSR count). The number of nitrogens with zero attached hydrogens (tertiary/aromatic N) is 3. The van der Waals surface area contributed by atoms with Crippen molar-refractivity contribution in [3.05, 3.63) is 70.9 Å². The van der Waals surface area contributed by atoms with E-state index in [1.807, 2.05) is 50.6 Å². The highest BCUT2D eigenvalue weighted by atomic mass is 35.5. The molecular weight excluding hydrogens is 443 g/mol. The Balaban J connectivity index is 1.53. The summed E-state index contributed by atoms with van der Waals surface area (Å²) >= 11 is 6.15. The number of halogens is 2. The van der Waals surface area contributed by atoms with Crippen molar-refractivity contribution in [2.75, 3.05) is 27.2 Å². The van der Waals surface area contributed by atoms with E-state index in [4.69, 9.17) is 16.3 Å². The van der Waals surface area contributed by atoms with Crippen molar-refractivity contribution in [1.29, 1.82) is 0 Å². The van der Waals surface area contributed by atoms with E-state index in [9.17, 15) is 9.18 Å². The lowest BCUT2D eigenvalue weighted by Crippen LogP contribution is -2.28. The molecule has 0 fully saturated rings. The van der Waals surface area contributed by atoms with Crippen LogP contribution in [0.15, 0.2) is 48.8 Å². The molecule has 0 aliphatic carbocycles. The van der Waals surface area contributed by atoms with Crippen molar-refractivity contribution < 1.29 is 13.9 Å². The van der Waals surface area contributed by atoms with Gasteiger partial charge in [-0.25, -0.2) is 0 Å². The van der Waals surface area contributed by atoms with Gasteiger partial charge in [-0.15, -0.1) is 0 Å². The standard InChI is InChI=1S/C25H24ClFN4O2/c1-30(2)7-8-31-13-21(19-5-3-15(11-22(19)31)20-12-28-29-25(20)27)24(32)17-9-16-10-18(26)4-6-23(16)33-14-17/h3-6,10-13,17H,7-9,14H2,1-2H3,(H,28,29)/t17-/m1/s1. The number of aromatic nitrogens is 3. The first-order chi connectivity index (χ1) is 15.9. The Kier molecular flexibility index (Phi) is 5.68. The van der Waals surface area contributed by atoms with Crippen LogP contribution < -0.4 is 4.74 Å². The quantitative estimate of drug-likeness (QED) is 0.414. The fourth-order valence-corrected chi connectivity index (χ4v) is 4.57. The molecule has 170 valence electrons. The Labute approximate surface area is 195 Å². The zero-order chi connectivity index (χ0) is 23.1. The third-order valence-electron chi connectivity index (χ3n) is 6.14. The molecule has 2 aromatic heterocycles. The van der Waals surface area contributed by atoms with E-state index < -0.39 is 5.95 Å². The molecule has 8 heteroatoms. The molecule has 33 heavy (non-hydrogen) atoms. The number of carbonyl (C=O) groups is 1. The van der Waals surface area contributed by atoms with E-state index in [0.717, 1.165) is 28.8 Å². The Morgan fingerprint density at radius 2 is 2.15 bits per heavy atom. The van der Waals surface area contributed by atoms with Gasteiger partial charge >= 0.3 is 0 Å². The van der Waals surface area contributed by atoms with Gasteiger partial charge in [-0.1, -0.05) is 23.7 Å². The second-order valence-electron chi connectivity index (χ2n) is 8.70. The SMILES string of the molecule is CN(C)CCn1cc(C(=O)[C@H]2COc3ccc(Cl)cc3C2)c2ccc(-c3cn[nH]c3F)cc21. The minimum Gasteiger partial charge on any atom is -0.493 e. The molecule has 0 saturated carbocycles. The first-order valence-electron chi connectivity index (χ1n) is 10.8. The molecule has 0 spiro atoms. The lowest BCUT2D eigenvalue weighted by Gasteiger charge is -2.24. The van der Waals surface area contributed by atoms with Gasteiger partial charge in [-0.3, -0.25) is 9.89 Å². The van der Waals surface area contributed by atoms with Gasteiger partial charge in [0, 0.05) is 40.8 Å². The summed E-state index contributed by atoms with van der Waals surface area (Å²) in [6.07, 6.45) is 3.97. The van der Waals surface area contributed by atoms with Gasteiger partial charge in [0.05, 0.1) is 24.3 Å². The largest absolute Gasteiger partial charge is 0.493 e. The summed E-state index contributed by atoms with van der Waals surface area (Å²) in [7, 11) is 4.01. The molecule has 0 bridgehead atoms. The van der Waals surface area contributed by atoms with Crippen LogP contribution in [0.4, 0.5) is 4.39 Å². The van der Waals surface area contributed by atoms with Gasteiger partial charge in [0.2, 0.25) is 5.95 Å². The maximum atomic E-state index is 14.1. The maximum Gasteiger partial charge on any atom is 0.216 e. The number of hydrogen-bond acceptors (Lipinski definition) is 4. The number of rotatable bonds is 6. The van der Waals surface area contributed by atoms with Crippen LogP contribution in [0.25, 0.3) is 22.0 Å². The van der Waals surface area contributed by atoms with Crippen molar-refractivity contribution in [1.82, 2.24) is 19.7 Å². The second-order valence-corrected chi connectivity index (χ2v) is 9.13. The van der Waals surface area contributed by atoms with Crippen molar-refractivity contribution in [2.24, 2.45) is 5.92 Å². The molecule has 6 nitrogen and oxygen atoms in total. The highest BCUT2D eigenvalue weighted by Gasteiger charge is 2.29. The van der Waals surface area contributed by atoms with E-state index in [-0.39, 0.29) is 11.7 Å². The summed E-state index contributed by atoms with van der Waals surface area (Å²) in [6.45, 7) is 1.84. The first-order valence-corrected chi connectivity index (χ1v) is 11.2. The lowest BCUT2D eigenvalue weighted by atomic mass is 9.89. The van der Waals surface area contributed by atoms with Gasteiger partial charge < -0.3 is 14.2 Å². The Morgan fingerprint density at radius 1 is 1.30 bits per heavy atom. The molecule has 0 saturated heterocycles. The molecule has 1 aliphatic rings. The molecule has 0 unspecified atom stereocenters. The molecule has 1 atom stereocenters. The number of hydrogen-bond donors (Lipinski definition) is 1. The van der Waals surface area contributed by atoms with E-state index in [0.29, 0.717) is 41.3 Å². The average Bonchev–Trinajstić information content (AvgIpc) is 3.39. The van der Waals surface area contributed by atoms with Gasteiger partial charge in [0.25, 0.3) is 0 Å². The number of carbonyl (C=O) groups excluding carboxylic acids is 1. The number of fused-ring (bicyclic) bond motifs is 2. The van der Waals surface area contributed by atoms with Crippen molar-refractivity contribution >= 4 is 28.3 Å². The number of likely N-dealkylation sites (N-methyl/N-ethyl adjacent to an activating group) is 1. The lowest BCUT2D eigenvalue weighted by molar-refractivity contribution is 0.0856. The zero-order valence-corrected chi connectivity index (χ0v) is 19.2. The molecule has 2 aromatic carbocycles. The third kappa shape index (κ3) is 4.14. The van der Waals surface area contributed by atoms with Crippen LogP contribution >= 0.6 is 11.6 Å². The molecule has 0 radical (unpaired) electrons. The first kappa shape index (κ1) is 21.7. The number of ketones is 1. The third-order valence-corrected chi connectivity index (χ3v) is 6.37. The molecule has 0 amide bonds. The minimum absolute atomic E-state index is 0.0384. The summed E-state index contributed by atoms with van der Waals surface area (Å²) in [5.41, 5.74) is 3.60. The predicted octanol–water partition coefficient (Wildman–Crippen LogP) is 4.82. The normalized spacial score (nSPS) is 15.6. The number of benzene rings is 2. The highest BCUT2D eigenvalue weighted by molar-refractivity contribution is 6.30. The predicted molar refractivity (Wildman–Crippen MR) is 127 cm³/mol. The van der Waals surface area contributed by atoms with Crippen LogP contribution in [0.1, 0.15) is 15.9 Å². The van der Waals surface area contributed by atoms with Gasteiger partial charge in [0.1, 0.15) is 5.75 Å². The van der Waals surface area contributed by atoms with Crippen LogP contribution in [0.3, 0.4) is 0 Å². The topological polar surface area (TPSA) is 63.1 Å². The van der Waals surface area contributed by atoms with Crippen LogP contribution in [-0.4, -0.2) is 52.7 Å². The number of Topliss-reactive ketones (excluding diaryl/α,β-unsaturated/α-hetero) is 1. The fourth-order valence-electron chi connectivity index (χ4n) is 4.37. The summed E-state index contributed by atoms with van der Waals surface area (Å²) in [5, 5.41) is 7.61. The molecule has 3 heterocycles. The number of H-pyrrole nitrogens is 1. The molecular formula is C25H24ClFN4O2. The van der Waals surface area contributed by atoms with Crippen LogP contribution in [0, 0.1) is 11.9 Å². The summed E-state index contributed by atoms with van der Waals surface area (Å²) in [6, 6.07) is 11.1. The summed E-state index contributed by atoms with van der Waals surface area (Å²) < 4.78 is 22.0. The monoisotopic (exact) mass is 466 g/mol. The van der Waals surface area contributed by atoms with Gasteiger partial charge in [-0.05, 0) is 55.9 Å². The Hall–Kier alpha value is -3.16. The number of nitrogens with one attached hydrogen (secondary N) is 1. The van der Waals surface area contributed by atoms with E-state index in [1.54, 1.807) is 6.07 Å².